The number of carbonyl (C=O) groups excluding carboxylic acids is 1. The van der Waals surface area contributed by atoms with E-state index in [1.807, 2.05) is 50.2 Å². The van der Waals surface area contributed by atoms with E-state index in [0.29, 0.717) is 17.4 Å². The van der Waals surface area contributed by atoms with Crippen molar-refractivity contribution in [2.75, 3.05) is 0 Å². The minimum absolute atomic E-state index is 0.0337. The summed E-state index contributed by atoms with van der Waals surface area (Å²) in [5.74, 6) is -0.0178. The van der Waals surface area contributed by atoms with Gasteiger partial charge < -0.3 is 9.47 Å². The zero-order valence-electron chi connectivity index (χ0n) is 15.9. The lowest BCUT2D eigenvalue weighted by molar-refractivity contribution is -0.142. The van der Waals surface area contributed by atoms with Crippen molar-refractivity contribution in [3.63, 3.8) is 0 Å². The second-order valence-corrected chi connectivity index (χ2v) is 6.89. The molecule has 2 rings (SSSR count). The fraction of sp³-hybridized carbons (Fsp3) is 0.273. The van der Waals surface area contributed by atoms with Gasteiger partial charge in [-0.2, -0.15) is 5.26 Å². The zero-order chi connectivity index (χ0) is 20.0. The zero-order valence-corrected chi connectivity index (χ0v) is 16.6. The highest BCUT2D eigenvalue weighted by atomic mass is 35.5. The van der Waals surface area contributed by atoms with E-state index in [1.165, 1.54) is 0 Å². The molecule has 0 amide bonds. The number of para-hydroxylation sites is 1. The number of carbonyl (C=O) groups is 1. The van der Waals surface area contributed by atoms with Gasteiger partial charge in [-0.05, 0) is 74.2 Å². The van der Waals surface area contributed by atoms with E-state index >= 15 is 0 Å². The molecule has 2 aromatic carbocycles. The van der Waals surface area contributed by atoms with Crippen molar-refractivity contribution in [3.8, 4) is 11.8 Å². The Morgan fingerprint density at radius 3 is 2.56 bits per heavy atom. The monoisotopic (exact) mass is 383 g/mol. The lowest BCUT2D eigenvalue weighted by Crippen LogP contribution is -2.12. The number of ether oxygens (including phenoxy) is 2. The first-order chi connectivity index (χ1) is 12.8. The molecule has 0 unspecified atom stereocenters. The highest BCUT2D eigenvalue weighted by Gasteiger charge is 2.14. The standard InChI is InChI=1S/C22H22ClNO3/c1-14(2)27-22(25)18(12-24)10-17-11-19(16(4)9-15(17)3)13-26-21-8-6-5-7-20(21)23/h5-11,14H,13H2,1-4H3. The number of esters is 1. The van der Waals surface area contributed by atoms with E-state index < -0.39 is 5.97 Å². The highest BCUT2D eigenvalue weighted by molar-refractivity contribution is 6.32. The van der Waals surface area contributed by atoms with Gasteiger partial charge in [0.15, 0.2) is 0 Å². The van der Waals surface area contributed by atoms with Gasteiger partial charge in [0, 0.05) is 0 Å². The molecule has 0 aliphatic heterocycles. The predicted octanol–water partition coefficient (Wildman–Crippen LogP) is 5.39. The third-order valence-electron chi connectivity index (χ3n) is 3.93. The lowest BCUT2D eigenvalue weighted by Gasteiger charge is -2.13. The molecular formula is C22H22ClNO3. The molecule has 5 heteroatoms. The molecule has 27 heavy (non-hydrogen) atoms. The van der Waals surface area contributed by atoms with Crippen molar-refractivity contribution < 1.29 is 14.3 Å². The summed E-state index contributed by atoms with van der Waals surface area (Å²) in [6, 6.07) is 13.1. The summed E-state index contributed by atoms with van der Waals surface area (Å²) in [5, 5.41) is 9.86. The molecule has 4 nitrogen and oxygen atoms in total. The minimum Gasteiger partial charge on any atom is -0.487 e. The molecule has 0 bridgehead atoms. The number of nitriles is 1. The second-order valence-electron chi connectivity index (χ2n) is 6.48. The number of hydrogen-bond acceptors (Lipinski definition) is 4. The number of halogens is 1. The highest BCUT2D eigenvalue weighted by Crippen LogP contribution is 2.26. The maximum Gasteiger partial charge on any atom is 0.349 e. The number of aryl methyl sites for hydroxylation is 2. The molecule has 2 aromatic rings. The Kier molecular flexibility index (Phi) is 7.04. The van der Waals surface area contributed by atoms with Crippen LogP contribution in [0.3, 0.4) is 0 Å². The molecule has 0 saturated carbocycles. The maximum absolute atomic E-state index is 12.0. The van der Waals surface area contributed by atoms with Gasteiger partial charge in [-0.3, -0.25) is 0 Å². The van der Waals surface area contributed by atoms with E-state index in [-0.39, 0.29) is 11.7 Å². The summed E-state index contributed by atoms with van der Waals surface area (Å²) in [7, 11) is 0. The van der Waals surface area contributed by atoms with Crippen LogP contribution < -0.4 is 4.74 Å². The van der Waals surface area contributed by atoms with Crippen LogP contribution in [0.2, 0.25) is 5.02 Å². The number of nitrogens with zero attached hydrogens (tertiary/aromatic N) is 1. The van der Waals surface area contributed by atoms with E-state index in [9.17, 15) is 10.1 Å². The smallest absolute Gasteiger partial charge is 0.349 e. The SMILES string of the molecule is Cc1cc(C)c(COc2ccccc2Cl)cc1C=C(C#N)C(=O)OC(C)C. The van der Waals surface area contributed by atoms with E-state index in [2.05, 4.69) is 0 Å². The lowest BCUT2D eigenvalue weighted by atomic mass is 9.98. The van der Waals surface area contributed by atoms with Crippen LogP contribution in [-0.4, -0.2) is 12.1 Å². The molecule has 0 aliphatic rings. The molecule has 0 aromatic heterocycles. The summed E-state index contributed by atoms with van der Waals surface area (Å²) in [6.45, 7) is 7.74. The summed E-state index contributed by atoms with van der Waals surface area (Å²) < 4.78 is 10.9. The van der Waals surface area contributed by atoms with Crippen LogP contribution in [-0.2, 0) is 16.1 Å². The van der Waals surface area contributed by atoms with Gasteiger partial charge >= 0.3 is 5.97 Å². The number of benzene rings is 2. The topological polar surface area (TPSA) is 59.3 Å². The molecule has 0 fully saturated rings. The average Bonchev–Trinajstić information content (AvgIpc) is 2.60. The molecule has 0 aliphatic carbocycles. The quantitative estimate of drug-likeness (QED) is 0.381. The van der Waals surface area contributed by atoms with Crippen molar-refractivity contribution >= 4 is 23.6 Å². The number of hydrogen-bond donors (Lipinski definition) is 0. The Hall–Kier alpha value is -2.77. The van der Waals surface area contributed by atoms with Crippen molar-refractivity contribution in [3.05, 3.63) is 69.2 Å². The van der Waals surface area contributed by atoms with E-state index in [4.69, 9.17) is 21.1 Å². The van der Waals surface area contributed by atoms with Crippen LogP contribution >= 0.6 is 11.6 Å². The molecule has 0 radical (unpaired) electrons. The van der Waals surface area contributed by atoms with Crippen molar-refractivity contribution in [1.29, 1.82) is 5.26 Å². The van der Waals surface area contributed by atoms with E-state index in [0.717, 1.165) is 22.3 Å². The Bertz CT molecular complexity index is 910. The fourth-order valence-electron chi connectivity index (χ4n) is 2.51. The van der Waals surface area contributed by atoms with E-state index in [1.54, 1.807) is 26.0 Å². The average molecular weight is 384 g/mol. The van der Waals surface area contributed by atoms with Gasteiger partial charge in [0.2, 0.25) is 0 Å². The minimum atomic E-state index is -0.624. The van der Waals surface area contributed by atoms with Crippen LogP contribution in [0.4, 0.5) is 0 Å². The van der Waals surface area contributed by atoms with Crippen molar-refractivity contribution in [2.24, 2.45) is 0 Å². The summed E-state index contributed by atoms with van der Waals surface area (Å²) >= 11 is 6.13. The molecular weight excluding hydrogens is 362 g/mol. The van der Waals surface area contributed by atoms with Crippen LogP contribution in [0.5, 0.6) is 5.75 Å². The van der Waals surface area contributed by atoms with Crippen molar-refractivity contribution in [2.45, 2.75) is 40.4 Å². The van der Waals surface area contributed by atoms with Gasteiger partial charge in [0.05, 0.1) is 11.1 Å². The number of rotatable bonds is 6. The first kappa shape index (κ1) is 20.5. The van der Waals surface area contributed by atoms with Gasteiger partial charge in [-0.25, -0.2) is 4.79 Å². The molecule has 0 spiro atoms. The maximum atomic E-state index is 12.0. The molecule has 0 heterocycles. The van der Waals surface area contributed by atoms with Gasteiger partial charge in [0.25, 0.3) is 0 Å². The van der Waals surface area contributed by atoms with Crippen LogP contribution in [0.25, 0.3) is 6.08 Å². The Balaban J connectivity index is 2.29. The second kappa shape index (κ2) is 9.25. The third kappa shape index (κ3) is 5.60. The summed E-state index contributed by atoms with van der Waals surface area (Å²) in [4.78, 5) is 12.0. The third-order valence-corrected chi connectivity index (χ3v) is 4.24. The van der Waals surface area contributed by atoms with Crippen LogP contribution in [0, 0.1) is 25.2 Å². The van der Waals surface area contributed by atoms with Crippen LogP contribution in [0.1, 0.15) is 36.1 Å². The first-order valence-electron chi connectivity index (χ1n) is 8.62. The van der Waals surface area contributed by atoms with Gasteiger partial charge in [-0.15, -0.1) is 0 Å². The normalized spacial score (nSPS) is 11.2. The first-order valence-corrected chi connectivity index (χ1v) is 8.99. The van der Waals surface area contributed by atoms with Gasteiger partial charge in [-0.1, -0.05) is 29.8 Å². The van der Waals surface area contributed by atoms with Crippen LogP contribution in [0.15, 0.2) is 42.0 Å². The fourth-order valence-corrected chi connectivity index (χ4v) is 2.70. The molecule has 0 atom stereocenters. The summed E-state index contributed by atoms with van der Waals surface area (Å²) in [5.41, 5.74) is 3.70. The molecule has 0 N–H and O–H groups in total. The summed E-state index contributed by atoms with van der Waals surface area (Å²) in [6.07, 6.45) is 1.27. The molecule has 140 valence electrons. The predicted molar refractivity (Wildman–Crippen MR) is 107 cm³/mol. The largest absolute Gasteiger partial charge is 0.487 e. The Morgan fingerprint density at radius 1 is 1.22 bits per heavy atom. The van der Waals surface area contributed by atoms with Gasteiger partial charge in [0.1, 0.15) is 24.0 Å². The molecule has 0 saturated heterocycles. The Labute approximate surface area is 165 Å². The van der Waals surface area contributed by atoms with Crippen molar-refractivity contribution in [1.82, 2.24) is 0 Å². The Morgan fingerprint density at radius 2 is 1.93 bits per heavy atom.